The van der Waals surface area contributed by atoms with E-state index in [1.165, 1.54) is 12.1 Å². The summed E-state index contributed by atoms with van der Waals surface area (Å²) in [6.45, 7) is 4.66. The minimum Gasteiger partial charge on any atom is -0.354 e. The molecule has 0 saturated heterocycles. The van der Waals surface area contributed by atoms with Crippen LogP contribution in [0.2, 0.25) is 5.02 Å². The number of benzene rings is 2. The van der Waals surface area contributed by atoms with Crippen molar-refractivity contribution in [1.82, 2.24) is 10.2 Å². The van der Waals surface area contributed by atoms with Gasteiger partial charge in [-0.3, -0.25) is 9.59 Å². The van der Waals surface area contributed by atoms with Gasteiger partial charge in [-0.15, -0.1) is 11.8 Å². The van der Waals surface area contributed by atoms with Crippen molar-refractivity contribution in [3.05, 3.63) is 64.9 Å². The number of carbonyl (C=O) groups excluding carboxylic acids is 2. The van der Waals surface area contributed by atoms with Gasteiger partial charge >= 0.3 is 0 Å². The number of halogens is 2. The van der Waals surface area contributed by atoms with Crippen LogP contribution in [0.5, 0.6) is 0 Å². The number of hydrogen-bond acceptors (Lipinski definition) is 3. The fourth-order valence-electron chi connectivity index (χ4n) is 2.99. The van der Waals surface area contributed by atoms with Crippen LogP contribution in [0.4, 0.5) is 4.39 Å². The molecule has 1 atom stereocenters. The molecule has 2 rings (SSSR count). The highest BCUT2D eigenvalue weighted by molar-refractivity contribution is 7.99. The first-order chi connectivity index (χ1) is 14.9. The minimum atomic E-state index is -0.599. The zero-order chi connectivity index (χ0) is 22.6. The Kier molecular flexibility index (Phi) is 10.9. The van der Waals surface area contributed by atoms with Crippen molar-refractivity contribution in [3.8, 4) is 0 Å². The lowest BCUT2D eigenvalue weighted by atomic mass is 10.1. The molecule has 0 radical (unpaired) electrons. The molecule has 7 heteroatoms. The average molecular weight is 465 g/mol. The van der Waals surface area contributed by atoms with Crippen LogP contribution < -0.4 is 5.32 Å². The van der Waals surface area contributed by atoms with Crippen molar-refractivity contribution >= 4 is 35.2 Å². The fraction of sp³-hybridized carbons (Fsp3) is 0.417. The molecule has 31 heavy (non-hydrogen) atoms. The van der Waals surface area contributed by atoms with E-state index in [0.29, 0.717) is 24.4 Å². The third-order valence-electron chi connectivity index (χ3n) is 4.88. The molecule has 0 aliphatic heterocycles. The monoisotopic (exact) mass is 464 g/mol. The average Bonchev–Trinajstić information content (AvgIpc) is 2.77. The van der Waals surface area contributed by atoms with E-state index in [1.807, 2.05) is 24.3 Å². The molecular weight excluding hydrogens is 435 g/mol. The summed E-state index contributed by atoms with van der Waals surface area (Å²) >= 11 is 7.57. The van der Waals surface area contributed by atoms with Crippen molar-refractivity contribution in [2.45, 2.75) is 57.0 Å². The van der Waals surface area contributed by atoms with Crippen LogP contribution in [-0.2, 0) is 16.1 Å². The normalized spacial score (nSPS) is 11.7. The molecule has 0 unspecified atom stereocenters. The molecule has 1 N–H and O–H groups in total. The number of thioether (sulfide) groups is 1. The Bertz CT molecular complexity index is 830. The van der Waals surface area contributed by atoms with E-state index in [-0.39, 0.29) is 24.2 Å². The van der Waals surface area contributed by atoms with Gasteiger partial charge in [-0.2, -0.15) is 0 Å². The highest BCUT2D eigenvalue weighted by atomic mass is 35.5. The summed E-state index contributed by atoms with van der Waals surface area (Å²) < 4.78 is 13.3. The molecule has 0 heterocycles. The third kappa shape index (κ3) is 8.91. The summed E-state index contributed by atoms with van der Waals surface area (Å²) in [4.78, 5) is 28.2. The predicted octanol–water partition coefficient (Wildman–Crippen LogP) is 5.69. The van der Waals surface area contributed by atoms with E-state index < -0.39 is 6.04 Å². The number of carbonyl (C=O) groups is 2. The summed E-state index contributed by atoms with van der Waals surface area (Å²) in [6, 6.07) is 13.0. The van der Waals surface area contributed by atoms with Crippen LogP contribution in [0, 0.1) is 5.82 Å². The quantitative estimate of drug-likeness (QED) is 0.324. The Hall–Kier alpha value is -2.05. The zero-order valence-electron chi connectivity index (χ0n) is 18.1. The molecule has 0 aliphatic carbocycles. The van der Waals surface area contributed by atoms with Gasteiger partial charge in [0.05, 0.1) is 0 Å². The molecule has 0 fully saturated rings. The maximum absolute atomic E-state index is 13.3. The summed E-state index contributed by atoms with van der Waals surface area (Å²) in [6.07, 6.45) is 2.91. The van der Waals surface area contributed by atoms with Crippen molar-refractivity contribution in [2.75, 3.05) is 12.3 Å². The largest absolute Gasteiger partial charge is 0.354 e. The van der Waals surface area contributed by atoms with E-state index in [0.717, 1.165) is 29.1 Å². The molecule has 0 spiro atoms. The summed E-state index contributed by atoms with van der Waals surface area (Å²) in [5.74, 6) is 0.208. The van der Waals surface area contributed by atoms with Crippen LogP contribution in [0.25, 0.3) is 0 Å². The van der Waals surface area contributed by atoms with Gasteiger partial charge in [0, 0.05) is 29.4 Å². The second kappa shape index (κ2) is 13.4. The topological polar surface area (TPSA) is 49.4 Å². The third-order valence-corrected chi connectivity index (χ3v) is 6.23. The molecule has 2 amide bonds. The molecule has 4 nitrogen and oxygen atoms in total. The van der Waals surface area contributed by atoms with Crippen LogP contribution in [-0.4, -0.2) is 35.1 Å². The van der Waals surface area contributed by atoms with Gasteiger partial charge in [0.1, 0.15) is 11.9 Å². The zero-order valence-corrected chi connectivity index (χ0v) is 19.6. The first kappa shape index (κ1) is 25.2. The van der Waals surface area contributed by atoms with Crippen molar-refractivity contribution in [2.24, 2.45) is 0 Å². The lowest BCUT2D eigenvalue weighted by Gasteiger charge is -2.29. The summed E-state index contributed by atoms with van der Waals surface area (Å²) in [5.41, 5.74) is 0.790. The fourth-order valence-corrected chi connectivity index (χ4v) is 3.97. The predicted molar refractivity (Wildman–Crippen MR) is 126 cm³/mol. The van der Waals surface area contributed by atoms with E-state index in [9.17, 15) is 14.0 Å². The number of hydrogen-bond donors (Lipinski definition) is 1. The van der Waals surface area contributed by atoms with Crippen LogP contribution >= 0.6 is 23.4 Å². The maximum Gasteiger partial charge on any atom is 0.242 e. The second-order valence-corrected chi connectivity index (χ2v) is 8.98. The van der Waals surface area contributed by atoms with Gasteiger partial charge in [0.25, 0.3) is 0 Å². The molecule has 168 valence electrons. The standard InChI is InChI=1S/C24H30ClFN2O2S/c1-3-4-15-27-24(30)18(2)28(17-19-7-11-21(26)12-8-19)23(29)6-5-16-31-22-13-9-20(25)10-14-22/h7-14,18H,3-6,15-17H2,1-2H3,(H,27,30)/t18-/m0/s1. The first-order valence-electron chi connectivity index (χ1n) is 10.6. The number of rotatable bonds is 12. The minimum absolute atomic E-state index is 0.0841. The highest BCUT2D eigenvalue weighted by Crippen LogP contribution is 2.22. The molecule has 0 saturated carbocycles. The molecule has 2 aromatic rings. The Morgan fingerprint density at radius 2 is 1.77 bits per heavy atom. The van der Waals surface area contributed by atoms with E-state index >= 15 is 0 Å². The lowest BCUT2D eigenvalue weighted by molar-refractivity contribution is -0.140. The van der Waals surface area contributed by atoms with Crippen LogP contribution in [0.15, 0.2) is 53.4 Å². The number of nitrogens with one attached hydrogen (secondary N) is 1. The van der Waals surface area contributed by atoms with Gasteiger partial charge in [0.2, 0.25) is 11.8 Å². The Labute approximate surface area is 193 Å². The first-order valence-corrected chi connectivity index (χ1v) is 12.0. The van der Waals surface area contributed by atoms with Gasteiger partial charge in [-0.25, -0.2) is 4.39 Å². The van der Waals surface area contributed by atoms with Crippen molar-refractivity contribution in [1.29, 1.82) is 0 Å². The SMILES string of the molecule is CCCCNC(=O)[C@H](C)N(Cc1ccc(F)cc1)C(=O)CCCSc1ccc(Cl)cc1. The van der Waals surface area contributed by atoms with Crippen LogP contribution in [0.3, 0.4) is 0 Å². The number of unbranched alkanes of at least 4 members (excludes halogenated alkanes) is 1. The van der Waals surface area contributed by atoms with Gasteiger partial charge in [0.15, 0.2) is 0 Å². The van der Waals surface area contributed by atoms with Crippen molar-refractivity contribution < 1.29 is 14.0 Å². The smallest absolute Gasteiger partial charge is 0.242 e. The van der Waals surface area contributed by atoms with Gasteiger partial charge in [-0.1, -0.05) is 37.1 Å². The van der Waals surface area contributed by atoms with Gasteiger partial charge < -0.3 is 10.2 Å². The Morgan fingerprint density at radius 3 is 2.42 bits per heavy atom. The molecule has 0 aliphatic rings. The van der Waals surface area contributed by atoms with Crippen molar-refractivity contribution in [3.63, 3.8) is 0 Å². The highest BCUT2D eigenvalue weighted by Gasteiger charge is 2.25. The van der Waals surface area contributed by atoms with E-state index in [4.69, 9.17) is 11.6 Å². The van der Waals surface area contributed by atoms with E-state index in [1.54, 1.807) is 35.7 Å². The van der Waals surface area contributed by atoms with E-state index in [2.05, 4.69) is 12.2 Å². The van der Waals surface area contributed by atoms with Crippen LogP contribution in [0.1, 0.15) is 45.1 Å². The van der Waals surface area contributed by atoms with Gasteiger partial charge in [-0.05, 0) is 67.5 Å². The summed E-state index contributed by atoms with van der Waals surface area (Å²) in [7, 11) is 0. The molecule has 0 bridgehead atoms. The summed E-state index contributed by atoms with van der Waals surface area (Å²) in [5, 5.41) is 3.60. The second-order valence-electron chi connectivity index (χ2n) is 7.37. The Morgan fingerprint density at radius 1 is 1.10 bits per heavy atom. The molecular formula is C24H30ClFN2O2S. The number of amides is 2. The molecule has 2 aromatic carbocycles. The Balaban J connectivity index is 1.96. The maximum atomic E-state index is 13.3. The molecule has 0 aromatic heterocycles. The number of nitrogens with zero attached hydrogens (tertiary/aromatic N) is 1. The lowest BCUT2D eigenvalue weighted by Crippen LogP contribution is -2.47.